The summed E-state index contributed by atoms with van der Waals surface area (Å²) in [4.78, 5) is 57.0. The molecule has 0 bridgehead atoms. The summed E-state index contributed by atoms with van der Waals surface area (Å²) in [6, 6.07) is 2.47. The Balaban J connectivity index is 1.35. The van der Waals surface area contributed by atoms with Crippen molar-refractivity contribution in [3.8, 4) is 5.75 Å². The Morgan fingerprint density at radius 3 is 2.72 bits per heavy atom. The molecule has 0 spiro atoms. The van der Waals surface area contributed by atoms with E-state index in [-0.39, 0.29) is 52.1 Å². The number of nitrogens with one attached hydrogen (secondary N) is 1. The number of rotatable bonds is 6. The van der Waals surface area contributed by atoms with Gasteiger partial charge in [-0.25, -0.2) is 14.2 Å². The quantitative estimate of drug-likeness (QED) is 0.108. The van der Waals surface area contributed by atoms with Gasteiger partial charge >= 0.3 is 5.97 Å². The van der Waals surface area contributed by atoms with E-state index >= 15 is 0 Å². The molecule has 0 saturated carbocycles. The molecule has 0 radical (unpaired) electrons. The number of β-lactam (4-membered cyclic amide) rings is 1. The zero-order chi connectivity index (χ0) is 28.0. The number of thioether (sulfide) groups is 1. The van der Waals surface area contributed by atoms with Crippen molar-refractivity contribution in [1.29, 1.82) is 0 Å². The predicted octanol–water partition coefficient (Wildman–Crippen LogP) is 0.850. The lowest BCUT2D eigenvalue weighted by atomic mass is 10.0. The number of nitrogens with two attached hydrogens (primary N) is 1. The average Bonchev–Trinajstić information content (AvgIpc) is 3.49. The van der Waals surface area contributed by atoms with E-state index < -0.39 is 52.4 Å². The first-order valence-corrected chi connectivity index (χ1v) is 13.2. The van der Waals surface area contributed by atoms with E-state index in [2.05, 4.69) is 15.5 Å². The zero-order valence-corrected chi connectivity index (χ0v) is 21.3. The minimum absolute atomic E-state index is 0.0165. The maximum atomic E-state index is 13.8. The van der Waals surface area contributed by atoms with Crippen LogP contribution < -0.4 is 16.0 Å². The number of aliphatic carboxylic acids is 1. The Hall–Kier alpha value is -4.44. The second kappa shape index (κ2) is 10.0. The number of hydrogen-bond donors (Lipinski definition) is 5. The number of allylic oxidation sites excluding steroid dienone is 1. The third-order valence-corrected chi connectivity index (χ3v) is 8.26. The van der Waals surface area contributed by atoms with Gasteiger partial charge in [-0.05, 0) is 30.2 Å². The summed E-state index contributed by atoms with van der Waals surface area (Å²) in [5.41, 5.74) is 5.56. The standard InChI is InChI=1S/C23H19FN6O7S2/c24-12-6-11(1-2-14(12)31)29-4-3-9(19(29)33)5-10-7-38-21-16(20(34)30(21)17(10)22(35)36)27-18(32)15(28-37)13-8-39-23(25)26-13/h1-2,5-6,8,16,21,31,37H,3-4,7H2,(H2,25,26)(H,27,32)(H,35,36)/b9-5?,28-15-. The second-order valence-electron chi connectivity index (χ2n) is 8.57. The molecule has 202 valence electrons. The van der Waals surface area contributed by atoms with Crippen LogP contribution in [0.1, 0.15) is 12.1 Å². The number of carbonyl (C=O) groups is 4. The lowest BCUT2D eigenvalue weighted by Gasteiger charge is -2.49. The summed E-state index contributed by atoms with van der Waals surface area (Å²) < 4.78 is 13.8. The molecule has 2 saturated heterocycles. The first kappa shape index (κ1) is 26.2. The van der Waals surface area contributed by atoms with Crippen LogP contribution in [0.2, 0.25) is 0 Å². The number of carboxylic acids is 1. The number of nitrogen functional groups attached to an aromatic ring is 1. The normalized spacial score (nSPS) is 22.3. The first-order valence-electron chi connectivity index (χ1n) is 11.3. The Morgan fingerprint density at radius 2 is 2.08 bits per heavy atom. The molecule has 5 rings (SSSR count). The van der Waals surface area contributed by atoms with E-state index in [1.165, 1.54) is 34.2 Å². The maximum Gasteiger partial charge on any atom is 0.352 e. The summed E-state index contributed by atoms with van der Waals surface area (Å²) in [5.74, 6) is -4.73. The molecule has 1 aromatic heterocycles. The number of halogens is 1. The van der Waals surface area contributed by atoms with E-state index in [1.54, 1.807) is 0 Å². The van der Waals surface area contributed by atoms with Gasteiger partial charge in [-0.2, -0.15) is 0 Å². The van der Waals surface area contributed by atoms with Crippen molar-refractivity contribution in [2.45, 2.75) is 17.8 Å². The molecule has 13 nitrogen and oxygen atoms in total. The van der Waals surface area contributed by atoms with E-state index in [0.717, 1.165) is 28.4 Å². The van der Waals surface area contributed by atoms with Gasteiger partial charge in [0.1, 0.15) is 22.8 Å². The number of thiazole rings is 1. The number of oxime groups is 1. The van der Waals surface area contributed by atoms with Crippen molar-refractivity contribution in [2.75, 3.05) is 22.9 Å². The van der Waals surface area contributed by atoms with Gasteiger partial charge in [0.25, 0.3) is 17.7 Å². The molecule has 16 heteroatoms. The highest BCUT2D eigenvalue weighted by atomic mass is 32.2. The number of carbonyl (C=O) groups excluding carboxylic acids is 3. The largest absolute Gasteiger partial charge is 0.505 e. The van der Waals surface area contributed by atoms with Crippen molar-refractivity contribution in [2.24, 2.45) is 5.16 Å². The number of phenolic OH excluding ortho intramolecular Hbond substituents is 1. The van der Waals surface area contributed by atoms with Crippen LogP contribution in [0, 0.1) is 5.82 Å². The number of anilines is 2. The first-order chi connectivity index (χ1) is 18.6. The highest BCUT2D eigenvalue weighted by Gasteiger charge is 2.54. The third kappa shape index (κ3) is 4.57. The van der Waals surface area contributed by atoms with Crippen LogP contribution in [-0.4, -0.2) is 78.4 Å². The van der Waals surface area contributed by atoms with Crippen molar-refractivity contribution in [3.05, 3.63) is 58.0 Å². The van der Waals surface area contributed by atoms with Crippen LogP contribution in [0.25, 0.3) is 0 Å². The number of carboxylic acid groups (broad SMARTS) is 1. The molecule has 3 aliphatic rings. The third-order valence-electron chi connectivity index (χ3n) is 6.28. The van der Waals surface area contributed by atoms with Crippen LogP contribution in [0.4, 0.5) is 15.2 Å². The lowest BCUT2D eigenvalue weighted by Crippen LogP contribution is -2.71. The Bertz CT molecular complexity index is 1520. The van der Waals surface area contributed by atoms with Crippen LogP contribution in [-0.2, 0) is 19.2 Å². The summed E-state index contributed by atoms with van der Waals surface area (Å²) in [5, 5.41) is 34.8. The SMILES string of the molecule is Nc1nc(/C(=N/O)C(=O)NC2C(=O)N3C(C(=O)O)=C(C=C4CCN(c5ccc(O)c(F)c5)C4=O)CSC23)cs1. The Labute approximate surface area is 227 Å². The fourth-order valence-corrected chi connectivity index (χ4v) is 6.29. The molecular formula is C23H19FN6O7S2. The number of aromatic nitrogens is 1. The van der Waals surface area contributed by atoms with Gasteiger partial charge in [0.05, 0.1) is 0 Å². The molecule has 3 amide bonds. The van der Waals surface area contributed by atoms with Crippen LogP contribution in [0.3, 0.4) is 0 Å². The number of hydrogen-bond acceptors (Lipinski definition) is 11. The van der Waals surface area contributed by atoms with Gasteiger partial charge in [-0.15, -0.1) is 23.1 Å². The fraction of sp³-hybridized carbons (Fsp3) is 0.217. The molecule has 6 N–H and O–H groups in total. The van der Waals surface area contributed by atoms with Gasteiger partial charge < -0.3 is 31.4 Å². The number of nitrogens with zero attached hydrogens (tertiary/aromatic N) is 4. The van der Waals surface area contributed by atoms with E-state index in [9.17, 15) is 39.0 Å². The summed E-state index contributed by atoms with van der Waals surface area (Å²) in [7, 11) is 0. The van der Waals surface area contributed by atoms with Crippen molar-refractivity contribution < 1.29 is 39.0 Å². The summed E-state index contributed by atoms with van der Waals surface area (Å²) in [6.45, 7) is 0.219. The molecule has 1 aromatic carbocycles. The van der Waals surface area contributed by atoms with E-state index in [0.29, 0.717) is 0 Å². The van der Waals surface area contributed by atoms with Crippen molar-refractivity contribution >= 4 is 63.3 Å². The van der Waals surface area contributed by atoms with Gasteiger partial charge in [0, 0.05) is 35.0 Å². The lowest BCUT2D eigenvalue weighted by molar-refractivity contribution is -0.150. The monoisotopic (exact) mass is 574 g/mol. The summed E-state index contributed by atoms with van der Waals surface area (Å²) >= 11 is 2.21. The zero-order valence-electron chi connectivity index (χ0n) is 19.7. The second-order valence-corrected chi connectivity index (χ2v) is 10.6. The Kier molecular flexibility index (Phi) is 6.73. The molecule has 4 heterocycles. The summed E-state index contributed by atoms with van der Waals surface area (Å²) in [6.07, 6.45) is 1.68. The van der Waals surface area contributed by atoms with E-state index in [4.69, 9.17) is 5.73 Å². The predicted molar refractivity (Wildman–Crippen MR) is 138 cm³/mol. The number of phenols is 1. The van der Waals surface area contributed by atoms with Crippen molar-refractivity contribution in [1.82, 2.24) is 15.2 Å². The highest BCUT2D eigenvalue weighted by molar-refractivity contribution is 8.00. The maximum absolute atomic E-state index is 13.8. The van der Waals surface area contributed by atoms with Gasteiger partial charge in [-0.1, -0.05) is 5.16 Å². The van der Waals surface area contributed by atoms with Gasteiger partial charge in [-0.3, -0.25) is 19.3 Å². The molecule has 2 unspecified atom stereocenters. The van der Waals surface area contributed by atoms with Crippen LogP contribution in [0.5, 0.6) is 5.75 Å². The van der Waals surface area contributed by atoms with Gasteiger partial charge in [0.15, 0.2) is 22.4 Å². The Morgan fingerprint density at radius 1 is 1.31 bits per heavy atom. The topological polar surface area (TPSA) is 199 Å². The number of benzene rings is 1. The van der Waals surface area contributed by atoms with Gasteiger partial charge in [0.2, 0.25) is 0 Å². The average molecular weight is 575 g/mol. The number of amides is 3. The molecule has 2 atom stereocenters. The highest BCUT2D eigenvalue weighted by Crippen LogP contribution is 2.41. The molecule has 2 fully saturated rings. The smallest absolute Gasteiger partial charge is 0.352 e. The number of aromatic hydroxyl groups is 1. The molecule has 2 aromatic rings. The molecular weight excluding hydrogens is 555 g/mol. The molecule has 0 aliphatic carbocycles. The van der Waals surface area contributed by atoms with Crippen LogP contribution in [0.15, 0.2) is 51.7 Å². The minimum Gasteiger partial charge on any atom is -0.505 e. The fourth-order valence-electron chi connectivity index (χ4n) is 4.44. The van der Waals surface area contributed by atoms with Crippen LogP contribution >= 0.6 is 23.1 Å². The minimum atomic E-state index is -1.39. The number of fused-ring (bicyclic) bond motifs is 1. The molecule has 39 heavy (non-hydrogen) atoms. The molecule has 3 aliphatic heterocycles. The van der Waals surface area contributed by atoms with Crippen molar-refractivity contribution in [3.63, 3.8) is 0 Å². The van der Waals surface area contributed by atoms with E-state index in [1.807, 2.05) is 0 Å².